The van der Waals surface area contributed by atoms with E-state index in [9.17, 15) is 9.59 Å². The first-order valence-electron chi connectivity index (χ1n) is 8.13. The van der Waals surface area contributed by atoms with Crippen molar-refractivity contribution in [1.29, 1.82) is 0 Å². The molecule has 2 aromatic rings. The third-order valence-corrected chi connectivity index (χ3v) is 4.33. The fraction of sp³-hybridized carbons (Fsp3) is 0.263. The Morgan fingerprint density at radius 3 is 2.36 bits per heavy atom. The number of hydrogen-bond donors (Lipinski definition) is 2. The molecule has 25 heavy (non-hydrogen) atoms. The predicted octanol–water partition coefficient (Wildman–Crippen LogP) is 3.96. The van der Waals surface area contributed by atoms with E-state index in [1.807, 2.05) is 20.8 Å². The molecule has 0 saturated carbocycles. The largest absolute Gasteiger partial charge is 0.399 e. The average Bonchev–Trinajstić information content (AvgIpc) is 2.58. The Labute approximate surface area is 152 Å². The summed E-state index contributed by atoms with van der Waals surface area (Å²) >= 11 is 6.25. The molecule has 0 aliphatic heterocycles. The molecule has 0 saturated heterocycles. The van der Waals surface area contributed by atoms with Gasteiger partial charge in [0.15, 0.2) is 0 Å². The number of nitrogens with zero attached hydrogens (tertiary/aromatic N) is 1. The van der Waals surface area contributed by atoms with E-state index in [1.54, 1.807) is 41.3 Å². The summed E-state index contributed by atoms with van der Waals surface area (Å²) < 4.78 is 0. The Bertz CT molecular complexity index is 801. The number of nitrogens with one attached hydrogen (secondary N) is 1. The second-order valence-electron chi connectivity index (χ2n) is 5.70. The van der Waals surface area contributed by atoms with Crippen LogP contribution in [0.1, 0.15) is 40.1 Å². The van der Waals surface area contributed by atoms with Crippen molar-refractivity contribution in [1.82, 2.24) is 4.90 Å². The van der Waals surface area contributed by atoms with E-state index in [-0.39, 0.29) is 11.8 Å². The van der Waals surface area contributed by atoms with E-state index in [1.165, 1.54) is 0 Å². The Kier molecular flexibility index (Phi) is 6.04. The number of carbonyl (C=O) groups is 2. The van der Waals surface area contributed by atoms with E-state index in [0.29, 0.717) is 40.6 Å². The van der Waals surface area contributed by atoms with Crippen LogP contribution >= 0.6 is 11.6 Å². The lowest BCUT2D eigenvalue weighted by molar-refractivity contribution is 0.0773. The molecular weight excluding hydrogens is 338 g/mol. The third-order valence-electron chi connectivity index (χ3n) is 4.01. The maximum absolute atomic E-state index is 12.4. The number of anilines is 2. The zero-order valence-electron chi connectivity index (χ0n) is 14.6. The molecule has 0 atom stereocenters. The minimum Gasteiger partial charge on any atom is -0.399 e. The quantitative estimate of drug-likeness (QED) is 0.793. The lowest BCUT2D eigenvalue weighted by atomic mass is 10.1. The Morgan fingerprint density at radius 1 is 1.08 bits per heavy atom. The van der Waals surface area contributed by atoms with Crippen LogP contribution in [0, 0.1) is 6.92 Å². The molecular formula is C19H22ClN3O2. The number of benzene rings is 2. The van der Waals surface area contributed by atoms with Crippen LogP contribution in [0.5, 0.6) is 0 Å². The molecule has 0 heterocycles. The van der Waals surface area contributed by atoms with Crippen molar-refractivity contribution in [2.45, 2.75) is 20.8 Å². The van der Waals surface area contributed by atoms with Crippen molar-refractivity contribution in [3.05, 3.63) is 58.1 Å². The summed E-state index contributed by atoms with van der Waals surface area (Å²) in [5, 5.41) is 3.09. The summed E-state index contributed by atoms with van der Waals surface area (Å²) in [5.74, 6) is -0.400. The van der Waals surface area contributed by atoms with Crippen LogP contribution in [0.15, 0.2) is 36.4 Å². The van der Waals surface area contributed by atoms with Crippen molar-refractivity contribution in [3.8, 4) is 0 Å². The molecule has 0 fully saturated rings. The van der Waals surface area contributed by atoms with E-state index in [2.05, 4.69) is 5.32 Å². The summed E-state index contributed by atoms with van der Waals surface area (Å²) in [4.78, 5) is 26.5. The van der Waals surface area contributed by atoms with Gasteiger partial charge in [-0.3, -0.25) is 9.59 Å². The van der Waals surface area contributed by atoms with Crippen LogP contribution in [-0.4, -0.2) is 29.8 Å². The molecule has 6 heteroatoms. The second-order valence-corrected chi connectivity index (χ2v) is 6.11. The summed E-state index contributed by atoms with van der Waals surface area (Å²) in [6.07, 6.45) is 0. The van der Waals surface area contributed by atoms with Crippen LogP contribution in [0.25, 0.3) is 0 Å². The molecule has 0 bridgehead atoms. The van der Waals surface area contributed by atoms with Crippen LogP contribution in [0.3, 0.4) is 0 Å². The van der Waals surface area contributed by atoms with E-state index >= 15 is 0 Å². The number of carbonyl (C=O) groups excluding carboxylic acids is 2. The topological polar surface area (TPSA) is 75.4 Å². The molecule has 2 aromatic carbocycles. The zero-order valence-corrected chi connectivity index (χ0v) is 15.4. The van der Waals surface area contributed by atoms with Crippen molar-refractivity contribution in [3.63, 3.8) is 0 Å². The number of halogens is 1. The maximum Gasteiger partial charge on any atom is 0.256 e. The van der Waals surface area contributed by atoms with Crippen LogP contribution in [0.2, 0.25) is 5.02 Å². The lowest BCUT2D eigenvalue weighted by Gasteiger charge is -2.19. The van der Waals surface area contributed by atoms with Gasteiger partial charge in [0.05, 0.1) is 10.6 Å². The van der Waals surface area contributed by atoms with Crippen LogP contribution in [0.4, 0.5) is 11.4 Å². The molecule has 3 N–H and O–H groups in total. The summed E-state index contributed by atoms with van der Waals surface area (Å²) in [6.45, 7) is 6.89. The van der Waals surface area contributed by atoms with Gasteiger partial charge in [0.25, 0.3) is 11.8 Å². The SMILES string of the molecule is CCN(CC)C(=O)c1ccc(NC(=O)c2cc(N)ccc2C)cc1Cl. The Balaban J connectivity index is 2.22. The highest BCUT2D eigenvalue weighted by atomic mass is 35.5. The van der Waals surface area contributed by atoms with Gasteiger partial charge in [-0.1, -0.05) is 17.7 Å². The number of nitrogen functional groups attached to an aromatic ring is 1. The van der Waals surface area contributed by atoms with Gasteiger partial charge in [-0.25, -0.2) is 0 Å². The standard InChI is InChI=1S/C19H22ClN3O2/c1-4-23(5-2)19(25)15-9-8-14(11-17(15)20)22-18(24)16-10-13(21)7-6-12(16)3/h6-11H,4-5,21H2,1-3H3,(H,22,24). The molecule has 5 nitrogen and oxygen atoms in total. The van der Waals surface area contributed by atoms with Gasteiger partial charge < -0.3 is 16.0 Å². The number of nitrogens with two attached hydrogens (primary N) is 1. The van der Waals surface area contributed by atoms with Gasteiger partial charge in [0.2, 0.25) is 0 Å². The van der Waals surface area contributed by atoms with Gasteiger partial charge >= 0.3 is 0 Å². The van der Waals surface area contributed by atoms with Gasteiger partial charge in [0, 0.05) is 30.0 Å². The van der Waals surface area contributed by atoms with Crippen LogP contribution < -0.4 is 11.1 Å². The van der Waals surface area contributed by atoms with Crippen molar-refractivity contribution in [2.24, 2.45) is 0 Å². The highest BCUT2D eigenvalue weighted by molar-refractivity contribution is 6.34. The summed E-state index contributed by atoms with van der Waals surface area (Å²) in [6, 6.07) is 10.1. The van der Waals surface area contributed by atoms with Gasteiger partial charge in [0.1, 0.15) is 0 Å². The fourth-order valence-corrected chi connectivity index (χ4v) is 2.79. The van der Waals surface area contributed by atoms with E-state index < -0.39 is 0 Å². The molecule has 2 amide bonds. The van der Waals surface area contributed by atoms with Gasteiger partial charge in [-0.2, -0.15) is 0 Å². The highest BCUT2D eigenvalue weighted by Crippen LogP contribution is 2.23. The minimum atomic E-state index is -0.274. The summed E-state index contributed by atoms with van der Waals surface area (Å²) in [5.41, 5.74) is 8.54. The summed E-state index contributed by atoms with van der Waals surface area (Å²) in [7, 11) is 0. The number of hydrogen-bond acceptors (Lipinski definition) is 3. The normalized spacial score (nSPS) is 10.4. The first-order valence-corrected chi connectivity index (χ1v) is 8.51. The van der Waals surface area contributed by atoms with Crippen molar-refractivity contribution >= 4 is 34.8 Å². The van der Waals surface area contributed by atoms with Crippen molar-refractivity contribution < 1.29 is 9.59 Å². The molecule has 0 spiro atoms. The molecule has 2 rings (SSSR count). The number of amides is 2. The predicted molar refractivity (Wildman–Crippen MR) is 102 cm³/mol. The zero-order chi connectivity index (χ0) is 18.6. The monoisotopic (exact) mass is 359 g/mol. The number of rotatable bonds is 5. The highest BCUT2D eigenvalue weighted by Gasteiger charge is 2.17. The number of aryl methyl sites for hydroxylation is 1. The molecule has 0 unspecified atom stereocenters. The third kappa shape index (κ3) is 4.31. The molecule has 0 aliphatic carbocycles. The van der Waals surface area contributed by atoms with Gasteiger partial charge in [-0.15, -0.1) is 0 Å². The minimum absolute atomic E-state index is 0.125. The smallest absolute Gasteiger partial charge is 0.256 e. The van der Waals surface area contributed by atoms with E-state index in [4.69, 9.17) is 17.3 Å². The molecule has 132 valence electrons. The first-order chi connectivity index (χ1) is 11.9. The second kappa shape index (κ2) is 8.03. The molecule has 0 aromatic heterocycles. The Morgan fingerprint density at radius 2 is 1.76 bits per heavy atom. The fourth-order valence-electron chi connectivity index (χ4n) is 2.53. The maximum atomic E-state index is 12.4. The molecule has 0 radical (unpaired) electrons. The Hall–Kier alpha value is -2.53. The van der Waals surface area contributed by atoms with Gasteiger partial charge in [-0.05, 0) is 56.7 Å². The van der Waals surface area contributed by atoms with E-state index in [0.717, 1.165) is 5.56 Å². The molecule has 0 aliphatic rings. The van der Waals surface area contributed by atoms with Crippen LogP contribution in [-0.2, 0) is 0 Å². The first kappa shape index (κ1) is 18.8. The average molecular weight is 360 g/mol. The lowest BCUT2D eigenvalue weighted by Crippen LogP contribution is -2.30. The van der Waals surface area contributed by atoms with Crippen molar-refractivity contribution in [2.75, 3.05) is 24.1 Å².